The summed E-state index contributed by atoms with van der Waals surface area (Å²) >= 11 is 0. The minimum atomic E-state index is 0.206. The van der Waals surface area contributed by atoms with E-state index in [1.54, 1.807) is 20.4 Å². The number of hydrogen-bond acceptors (Lipinski definition) is 5. The lowest BCUT2D eigenvalue weighted by Gasteiger charge is -2.16. The van der Waals surface area contributed by atoms with Gasteiger partial charge in [0.1, 0.15) is 11.5 Å². The Morgan fingerprint density at radius 1 is 1.06 bits per heavy atom. The summed E-state index contributed by atoms with van der Waals surface area (Å²) in [4.78, 5) is 21.3. The summed E-state index contributed by atoms with van der Waals surface area (Å²) in [5.41, 5.74) is 4.73. The Balaban J connectivity index is 1.82. The van der Waals surface area contributed by atoms with Gasteiger partial charge in [0.2, 0.25) is 0 Å². The smallest absolute Gasteiger partial charge is 0.137 e. The molecule has 0 spiro atoms. The highest BCUT2D eigenvalue weighted by Crippen LogP contribution is 2.28. The van der Waals surface area contributed by atoms with E-state index >= 15 is 0 Å². The number of carbonyl (C=O) groups is 1. The molecule has 0 amide bonds. The maximum absolute atomic E-state index is 12.1. The normalized spacial score (nSPS) is 11.8. The number of hydrogen-bond donors (Lipinski definition) is 0. The summed E-state index contributed by atoms with van der Waals surface area (Å²) in [5, 5.41) is 0. The third-order valence-electron chi connectivity index (χ3n) is 5.28. The highest BCUT2D eigenvalue weighted by Gasteiger charge is 2.15. The molecule has 5 nitrogen and oxygen atoms in total. The molecule has 162 valence electrons. The van der Waals surface area contributed by atoms with E-state index in [1.807, 2.05) is 49.5 Å². The number of nitrogens with zero attached hydrogens (tertiary/aromatic N) is 2. The van der Waals surface area contributed by atoms with Crippen LogP contribution in [0.5, 0.6) is 5.75 Å². The van der Waals surface area contributed by atoms with Gasteiger partial charge in [0, 0.05) is 49.6 Å². The summed E-state index contributed by atoms with van der Waals surface area (Å²) in [6.45, 7) is 2.63. The maximum Gasteiger partial charge on any atom is 0.137 e. The molecule has 0 saturated carbocycles. The molecule has 0 N–H and O–H groups in total. The monoisotopic (exact) mass is 418 g/mol. The minimum Gasteiger partial charge on any atom is -0.496 e. The van der Waals surface area contributed by atoms with E-state index in [9.17, 15) is 4.79 Å². The second kappa shape index (κ2) is 11.4. The third-order valence-corrected chi connectivity index (χ3v) is 5.28. The van der Waals surface area contributed by atoms with Gasteiger partial charge in [0.25, 0.3) is 0 Å². The lowest BCUT2D eigenvalue weighted by Crippen LogP contribution is -2.11. The molecule has 2 aromatic carbocycles. The van der Waals surface area contributed by atoms with Crippen LogP contribution in [0.4, 0.5) is 0 Å². The predicted molar refractivity (Wildman–Crippen MR) is 122 cm³/mol. The van der Waals surface area contributed by atoms with Gasteiger partial charge in [0.15, 0.2) is 0 Å². The van der Waals surface area contributed by atoms with Crippen molar-refractivity contribution >= 4 is 5.78 Å². The molecule has 0 aliphatic carbocycles. The Hall–Kier alpha value is -3.05. The fraction of sp³-hybridized carbons (Fsp3) is 0.346. The molecule has 0 radical (unpaired) electrons. The number of ether oxygens (including phenoxy) is 2. The van der Waals surface area contributed by atoms with Crippen LogP contribution in [0.1, 0.15) is 42.5 Å². The average molecular weight is 419 g/mol. The first-order chi connectivity index (χ1) is 15.1. The molecule has 1 aromatic heterocycles. The van der Waals surface area contributed by atoms with Gasteiger partial charge >= 0.3 is 0 Å². The largest absolute Gasteiger partial charge is 0.496 e. The Bertz CT molecular complexity index is 989. The molecule has 3 rings (SSSR count). The minimum absolute atomic E-state index is 0.206. The van der Waals surface area contributed by atoms with E-state index in [0.717, 1.165) is 35.4 Å². The second-order valence-corrected chi connectivity index (χ2v) is 7.65. The van der Waals surface area contributed by atoms with Crippen LogP contribution < -0.4 is 4.74 Å². The average Bonchev–Trinajstić information content (AvgIpc) is 2.80. The first-order valence-corrected chi connectivity index (χ1v) is 10.7. The molecule has 0 fully saturated rings. The van der Waals surface area contributed by atoms with Crippen LogP contribution in [0.15, 0.2) is 60.9 Å². The van der Waals surface area contributed by atoms with E-state index in [1.165, 1.54) is 5.56 Å². The van der Waals surface area contributed by atoms with E-state index in [0.29, 0.717) is 25.2 Å². The number of benzene rings is 2. The van der Waals surface area contributed by atoms with E-state index in [2.05, 4.69) is 17.1 Å². The zero-order valence-electron chi connectivity index (χ0n) is 18.5. The quantitative estimate of drug-likeness (QED) is 0.437. The van der Waals surface area contributed by atoms with E-state index in [4.69, 9.17) is 14.5 Å². The lowest BCUT2D eigenvalue weighted by molar-refractivity contribution is -0.118. The molecule has 5 heteroatoms. The lowest BCUT2D eigenvalue weighted by atomic mass is 9.95. The molecule has 1 heterocycles. The van der Waals surface area contributed by atoms with Crippen LogP contribution in [0.25, 0.3) is 11.3 Å². The predicted octanol–water partition coefficient (Wildman–Crippen LogP) is 5.04. The zero-order chi connectivity index (χ0) is 22.1. The number of Topliss-reactive ketones (excluding diaryl/α,β-unsaturated/α-hetero) is 1. The number of ketones is 1. The third kappa shape index (κ3) is 6.22. The van der Waals surface area contributed by atoms with Crippen LogP contribution in [-0.4, -0.2) is 36.6 Å². The van der Waals surface area contributed by atoms with Crippen LogP contribution in [0.2, 0.25) is 0 Å². The Morgan fingerprint density at radius 3 is 2.58 bits per heavy atom. The molecule has 0 bridgehead atoms. The van der Waals surface area contributed by atoms with Gasteiger partial charge in [0.05, 0.1) is 31.3 Å². The maximum atomic E-state index is 12.1. The molecule has 0 saturated heterocycles. The fourth-order valence-electron chi connectivity index (χ4n) is 3.73. The van der Waals surface area contributed by atoms with E-state index < -0.39 is 0 Å². The number of methoxy groups -OCH3 is 2. The molecule has 31 heavy (non-hydrogen) atoms. The molecule has 1 atom stereocenters. The number of aromatic nitrogens is 2. The van der Waals surface area contributed by atoms with Crippen molar-refractivity contribution in [3.8, 4) is 17.0 Å². The van der Waals surface area contributed by atoms with E-state index in [-0.39, 0.29) is 11.7 Å². The molecule has 0 aliphatic rings. The number of rotatable bonds is 11. The summed E-state index contributed by atoms with van der Waals surface area (Å²) < 4.78 is 11.0. The van der Waals surface area contributed by atoms with Gasteiger partial charge in [-0.15, -0.1) is 0 Å². The fourth-order valence-corrected chi connectivity index (χ4v) is 3.73. The van der Waals surface area contributed by atoms with Crippen molar-refractivity contribution in [3.63, 3.8) is 0 Å². The second-order valence-electron chi connectivity index (χ2n) is 7.65. The van der Waals surface area contributed by atoms with Crippen LogP contribution in [0.3, 0.4) is 0 Å². The SMILES string of the molecule is CCCC(=O)Cc1ccc(-c2cncc(C[C@@H](COC)c3ccccc3)n2)cc1OC. The van der Waals surface area contributed by atoms with Crippen LogP contribution >= 0.6 is 0 Å². The number of carbonyl (C=O) groups excluding carboxylic acids is 1. The highest BCUT2D eigenvalue weighted by molar-refractivity contribution is 5.81. The molecule has 0 aliphatic heterocycles. The Morgan fingerprint density at radius 2 is 1.87 bits per heavy atom. The standard InChI is InChI=1S/C26H30N2O3/c1-4-8-24(29)14-21-12-11-20(15-26(21)31-3)25-17-27-16-23(28-25)13-22(18-30-2)19-9-6-5-7-10-19/h5-7,9-12,15-17,22H,4,8,13-14,18H2,1-3H3/t22-/m0/s1. The van der Waals surface area contributed by atoms with Crippen molar-refractivity contribution in [2.45, 2.75) is 38.5 Å². The highest BCUT2D eigenvalue weighted by atomic mass is 16.5. The first kappa shape index (κ1) is 22.6. The van der Waals surface area contributed by atoms with Gasteiger partial charge in [-0.05, 0) is 18.1 Å². The topological polar surface area (TPSA) is 61.3 Å². The molecular weight excluding hydrogens is 388 g/mol. The summed E-state index contributed by atoms with van der Waals surface area (Å²) in [7, 11) is 3.35. The summed E-state index contributed by atoms with van der Waals surface area (Å²) in [6.07, 6.45) is 6.13. The van der Waals surface area contributed by atoms with Crippen molar-refractivity contribution in [1.82, 2.24) is 9.97 Å². The van der Waals surface area contributed by atoms with Crippen molar-refractivity contribution < 1.29 is 14.3 Å². The Labute approximate surface area is 184 Å². The van der Waals surface area contributed by atoms with Gasteiger partial charge in [-0.3, -0.25) is 9.78 Å². The summed E-state index contributed by atoms with van der Waals surface area (Å²) in [5.74, 6) is 1.13. The molecular formula is C26H30N2O3. The van der Waals surface area contributed by atoms with Crippen LogP contribution in [0, 0.1) is 0 Å². The summed E-state index contributed by atoms with van der Waals surface area (Å²) in [6, 6.07) is 16.2. The van der Waals surface area contributed by atoms with Gasteiger partial charge in [-0.2, -0.15) is 0 Å². The Kier molecular flexibility index (Phi) is 8.30. The van der Waals surface area contributed by atoms with Gasteiger partial charge in [-0.25, -0.2) is 4.98 Å². The molecule has 3 aromatic rings. The zero-order valence-corrected chi connectivity index (χ0v) is 18.5. The van der Waals surface area contributed by atoms with Crippen molar-refractivity contribution in [3.05, 3.63) is 77.7 Å². The van der Waals surface area contributed by atoms with Gasteiger partial charge < -0.3 is 9.47 Å². The van der Waals surface area contributed by atoms with Gasteiger partial charge in [-0.1, -0.05) is 49.4 Å². The van der Waals surface area contributed by atoms with Crippen molar-refractivity contribution in [1.29, 1.82) is 0 Å². The molecule has 0 unspecified atom stereocenters. The van der Waals surface area contributed by atoms with Crippen LogP contribution in [-0.2, 0) is 22.4 Å². The van der Waals surface area contributed by atoms with Crippen molar-refractivity contribution in [2.24, 2.45) is 0 Å². The first-order valence-electron chi connectivity index (χ1n) is 10.7. The van der Waals surface area contributed by atoms with Crippen molar-refractivity contribution in [2.75, 3.05) is 20.8 Å².